The van der Waals surface area contributed by atoms with Gasteiger partial charge in [-0.2, -0.15) is 18.3 Å². The van der Waals surface area contributed by atoms with Crippen LogP contribution in [0.3, 0.4) is 0 Å². The number of aryl methyl sites for hydroxylation is 1. The van der Waals surface area contributed by atoms with E-state index in [2.05, 4.69) is 10.1 Å². The van der Waals surface area contributed by atoms with Crippen LogP contribution in [0.4, 0.5) is 13.2 Å². The number of nitrogens with zero attached hydrogens (tertiary/aromatic N) is 3. The Morgan fingerprint density at radius 3 is 2.27 bits per heavy atom. The van der Waals surface area contributed by atoms with Crippen LogP contribution in [-0.4, -0.2) is 29.4 Å². The highest BCUT2D eigenvalue weighted by Crippen LogP contribution is 2.34. The van der Waals surface area contributed by atoms with Crippen molar-refractivity contribution < 1.29 is 21.6 Å². The van der Waals surface area contributed by atoms with Crippen molar-refractivity contribution in [3.63, 3.8) is 0 Å². The van der Waals surface area contributed by atoms with Gasteiger partial charge >= 0.3 is 6.18 Å². The van der Waals surface area contributed by atoms with Crippen molar-refractivity contribution >= 4 is 20.6 Å². The van der Waals surface area contributed by atoms with Gasteiger partial charge in [0.2, 0.25) is 0 Å². The maximum absolute atomic E-state index is 13.4. The van der Waals surface area contributed by atoms with E-state index in [1.807, 2.05) is 31.2 Å². The van der Waals surface area contributed by atoms with E-state index in [0.717, 1.165) is 39.5 Å². The molecule has 0 spiro atoms. The van der Waals surface area contributed by atoms with Crippen LogP contribution in [0.5, 0.6) is 0 Å². The molecular formula is C21H16F3N3O2S. The second-order valence-electron chi connectivity index (χ2n) is 7.01. The third-order valence-corrected chi connectivity index (χ3v) is 5.75. The van der Waals surface area contributed by atoms with Gasteiger partial charge in [0.05, 0.1) is 10.6 Å². The zero-order valence-corrected chi connectivity index (χ0v) is 16.8. The molecule has 0 N–H and O–H groups in total. The van der Waals surface area contributed by atoms with Gasteiger partial charge in [0, 0.05) is 18.0 Å². The fraction of sp³-hybridized carbons (Fsp3) is 0.143. The number of rotatable bonds is 3. The van der Waals surface area contributed by atoms with Crippen molar-refractivity contribution in [1.82, 2.24) is 14.8 Å². The first-order valence-corrected chi connectivity index (χ1v) is 10.8. The molecule has 30 heavy (non-hydrogen) atoms. The molecule has 0 radical (unpaired) electrons. The summed E-state index contributed by atoms with van der Waals surface area (Å²) < 4.78 is 64.4. The Bertz CT molecular complexity index is 1360. The zero-order valence-electron chi connectivity index (χ0n) is 16.0. The number of aromatic nitrogens is 3. The highest BCUT2D eigenvalue weighted by atomic mass is 32.2. The molecule has 0 saturated heterocycles. The number of halogens is 3. The second-order valence-corrected chi connectivity index (χ2v) is 9.03. The van der Waals surface area contributed by atoms with Gasteiger partial charge in [-0.15, -0.1) is 0 Å². The summed E-state index contributed by atoms with van der Waals surface area (Å²) in [4.78, 5) is 3.99. The number of hydrogen-bond donors (Lipinski definition) is 0. The number of benzene rings is 2. The van der Waals surface area contributed by atoms with E-state index in [1.165, 1.54) is 12.1 Å². The Hall–Kier alpha value is -3.20. The van der Waals surface area contributed by atoms with E-state index in [1.54, 1.807) is 12.1 Å². The lowest BCUT2D eigenvalue weighted by Crippen LogP contribution is -2.08. The molecule has 154 valence electrons. The van der Waals surface area contributed by atoms with Gasteiger partial charge < -0.3 is 0 Å². The van der Waals surface area contributed by atoms with Crippen LogP contribution in [0.2, 0.25) is 0 Å². The number of sulfone groups is 1. The molecule has 9 heteroatoms. The van der Waals surface area contributed by atoms with Crippen LogP contribution >= 0.6 is 0 Å². The first kappa shape index (κ1) is 20.1. The first-order chi connectivity index (χ1) is 14.0. The van der Waals surface area contributed by atoms with E-state index in [4.69, 9.17) is 0 Å². The summed E-state index contributed by atoms with van der Waals surface area (Å²) >= 11 is 0. The number of fused-ring (bicyclic) bond motifs is 1. The molecular weight excluding hydrogens is 415 g/mol. The molecule has 0 unspecified atom stereocenters. The number of hydrogen-bond acceptors (Lipinski definition) is 4. The van der Waals surface area contributed by atoms with Crippen LogP contribution < -0.4 is 0 Å². The van der Waals surface area contributed by atoms with Crippen molar-refractivity contribution in [3.8, 4) is 17.1 Å². The lowest BCUT2D eigenvalue weighted by atomic mass is 10.0. The third kappa shape index (κ3) is 3.80. The summed E-state index contributed by atoms with van der Waals surface area (Å²) in [5.41, 5.74) is 0.748. The zero-order chi connectivity index (χ0) is 21.7. The van der Waals surface area contributed by atoms with Gasteiger partial charge in [-0.05, 0) is 42.0 Å². The minimum Gasteiger partial charge on any atom is -0.236 e. The molecule has 0 saturated carbocycles. The van der Waals surface area contributed by atoms with Crippen molar-refractivity contribution in [1.29, 1.82) is 0 Å². The predicted molar refractivity (Wildman–Crippen MR) is 107 cm³/mol. The van der Waals surface area contributed by atoms with Gasteiger partial charge in [0.25, 0.3) is 0 Å². The fourth-order valence-electron chi connectivity index (χ4n) is 3.14. The van der Waals surface area contributed by atoms with Crippen LogP contribution in [-0.2, 0) is 16.0 Å². The van der Waals surface area contributed by atoms with Gasteiger partial charge in [-0.25, -0.2) is 18.1 Å². The van der Waals surface area contributed by atoms with Crippen LogP contribution in [0.25, 0.3) is 27.8 Å². The standard InChI is InChI=1S/C21H16F3N3O2S/c1-13-3-4-15-10-16(6-5-14(15)9-13)18-11-19(21(22,23)24)26-27(18)20-8-7-17(12-25-20)30(2,28)29/h3-12H,1-2H3. The maximum atomic E-state index is 13.4. The molecule has 2 heterocycles. The lowest BCUT2D eigenvalue weighted by molar-refractivity contribution is -0.141. The van der Waals surface area contributed by atoms with Crippen LogP contribution in [0.1, 0.15) is 11.3 Å². The second kappa shape index (κ2) is 6.94. The SMILES string of the molecule is Cc1ccc2cc(-c3cc(C(F)(F)F)nn3-c3ccc(S(C)(=O)=O)cn3)ccc2c1. The lowest BCUT2D eigenvalue weighted by Gasteiger charge is -2.09. The molecule has 0 aliphatic rings. The topological polar surface area (TPSA) is 64.8 Å². The summed E-state index contributed by atoms with van der Waals surface area (Å²) in [5, 5.41) is 5.54. The average molecular weight is 431 g/mol. The molecule has 0 atom stereocenters. The van der Waals surface area contributed by atoms with E-state index in [0.29, 0.717) is 5.56 Å². The summed E-state index contributed by atoms with van der Waals surface area (Å²) in [5.74, 6) is 0.0805. The summed E-state index contributed by atoms with van der Waals surface area (Å²) in [6.45, 7) is 1.96. The van der Waals surface area contributed by atoms with Crippen LogP contribution in [0.15, 0.2) is 65.7 Å². The van der Waals surface area contributed by atoms with Gasteiger partial charge in [0.1, 0.15) is 0 Å². The molecule has 2 aromatic heterocycles. The quantitative estimate of drug-likeness (QED) is 0.467. The summed E-state index contributed by atoms with van der Waals surface area (Å²) in [7, 11) is -3.48. The van der Waals surface area contributed by atoms with Crippen LogP contribution in [0, 0.1) is 6.92 Å². The largest absolute Gasteiger partial charge is 0.435 e. The highest BCUT2D eigenvalue weighted by molar-refractivity contribution is 7.90. The molecule has 4 rings (SSSR count). The first-order valence-electron chi connectivity index (χ1n) is 8.87. The Morgan fingerprint density at radius 1 is 0.933 bits per heavy atom. The number of alkyl halides is 3. The van der Waals surface area contributed by atoms with E-state index < -0.39 is 21.7 Å². The van der Waals surface area contributed by atoms with Gasteiger partial charge in [0.15, 0.2) is 21.3 Å². The minimum atomic E-state index is -4.64. The average Bonchev–Trinajstić information content (AvgIpc) is 3.13. The van der Waals surface area contributed by atoms with Crippen molar-refractivity contribution in [2.45, 2.75) is 18.0 Å². The van der Waals surface area contributed by atoms with Gasteiger partial charge in [-0.1, -0.05) is 35.9 Å². The predicted octanol–water partition coefficient (Wildman–Crippen LogP) is 4.82. The van der Waals surface area contributed by atoms with Gasteiger partial charge in [-0.3, -0.25) is 0 Å². The summed E-state index contributed by atoms with van der Waals surface area (Å²) in [6, 6.07) is 14.7. The van der Waals surface area contributed by atoms with E-state index >= 15 is 0 Å². The normalized spacial score (nSPS) is 12.4. The Balaban J connectivity index is 1.89. The fourth-order valence-corrected chi connectivity index (χ4v) is 3.70. The highest BCUT2D eigenvalue weighted by Gasteiger charge is 2.35. The molecule has 2 aromatic carbocycles. The molecule has 0 bridgehead atoms. The Kier molecular flexibility index (Phi) is 4.65. The molecule has 0 aliphatic carbocycles. The smallest absolute Gasteiger partial charge is 0.236 e. The van der Waals surface area contributed by atoms with E-state index in [-0.39, 0.29) is 16.4 Å². The molecule has 0 aliphatic heterocycles. The minimum absolute atomic E-state index is 0.0305. The molecule has 0 amide bonds. The Morgan fingerprint density at radius 2 is 1.63 bits per heavy atom. The molecule has 4 aromatic rings. The Labute approximate surface area is 170 Å². The van der Waals surface area contributed by atoms with E-state index in [9.17, 15) is 21.6 Å². The third-order valence-electron chi connectivity index (χ3n) is 4.66. The number of pyridine rings is 1. The van der Waals surface area contributed by atoms with Crippen molar-refractivity contribution in [2.75, 3.05) is 6.26 Å². The van der Waals surface area contributed by atoms with Crippen molar-refractivity contribution in [2.24, 2.45) is 0 Å². The summed E-state index contributed by atoms with van der Waals surface area (Å²) in [6.07, 6.45) is -2.51. The maximum Gasteiger partial charge on any atom is 0.435 e. The monoisotopic (exact) mass is 431 g/mol. The van der Waals surface area contributed by atoms with Crippen molar-refractivity contribution in [3.05, 3.63) is 72.1 Å². The molecule has 0 fully saturated rings. The molecule has 5 nitrogen and oxygen atoms in total.